The number of rotatable bonds is 2. The lowest BCUT2D eigenvalue weighted by molar-refractivity contribution is -0.112. The van der Waals surface area contributed by atoms with Crippen LogP contribution >= 0.6 is 0 Å². The molecular weight excluding hydrogens is 258 g/mol. The summed E-state index contributed by atoms with van der Waals surface area (Å²) in [4.78, 5) is 12.9. The second kappa shape index (κ2) is 5.96. The highest BCUT2D eigenvalue weighted by molar-refractivity contribution is 6.18. The van der Waals surface area contributed by atoms with Crippen LogP contribution in [0.3, 0.4) is 0 Å². The first kappa shape index (κ1) is 15.0. The van der Waals surface area contributed by atoms with Crippen molar-refractivity contribution in [2.75, 3.05) is 0 Å². The number of Topliss-reactive ketones (excluding diaryl/α,β-unsaturated/α-hetero) is 1. The van der Waals surface area contributed by atoms with Crippen LogP contribution in [0.15, 0.2) is 82.7 Å². The van der Waals surface area contributed by atoms with Crippen LogP contribution in [0.25, 0.3) is 0 Å². The van der Waals surface area contributed by atoms with E-state index in [1.54, 1.807) is 18.2 Å². The van der Waals surface area contributed by atoms with Crippen molar-refractivity contribution in [2.24, 2.45) is 5.73 Å². The maximum Gasteiger partial charge on any atom is 0.196 e. The lowest BCUT2D eigenvalue weighted by Crippen LogP contribution is -2.23. The summed E-state index contributed by atoms with van der Waals surface area (Å²) in [6, 6.07) is 0. The van der Waals surface area contributed by atoms with Crippen LogP contribution < -0.4 is 5.73 Å². The highest BCUT2D eigenvalue weighted by atomic mass is 16.1. The smallest absolute Gasteiger partial charge is 0.196 e. The summed E-state index contributed by atoms with van der Waals surface area (Å²) in [6.07, 6.45) is 10.6. The number of carbonyl (C=O) groups is 1. The van der Waals surface area contributed by atoms with Gasteiger partial charge in [-0.25, -0.2) is 0 Å². The maximum atomic E-state index is 12.9. The van der Waals surface area contributed by atoms with E-state index in [-0.39, 0.29) is 5.78 Å². The van der Waals surface area contributed by atoms with Gasteiger partial charge >= 0.3 is 0 Å². The van der Waals surface area contributed by atoms with Gasteiger partial charge in [-0.3, -0.25) is 4.79 Å². The third kappa shape index (κ3) is 2.49. The molecule has 0 aromatic carbocycles. The summed E-state index contributed by atoms with van der Waals surface area (Å²) in [7, 11) is 0. The first-order valence-electron chi connectivity index (χ1n) is 7.15. The van der Waals surface area contributed by atoms with Gasteiger partial charge < -0.3 is 5.73 Å². The topological polar surface area (TPSA) is 43.1 Å². The lowest BCUT2D eigenvalue weighted by Gasteiger charge is -2.27. The molecule has 2 nitrogen and oxygen atoms in total. The molecule has 0 amide bonds. The average Bonchev–Trinajstić information content (AvgIpc) is 2.66. The molecule has 2 N–H and O–H groups in total. The van der Waals surface area contributed by atoms with Gasteiger partial charge in [0.25, 0.3) is 0 Å². The highest BCUT2D eigenvalue weighted by Crippen LogP contribution is 2.41. The predicted octanol–water partition coefficient (Wildman–Crippen LogP) is 4.06. The quantitative estimate of drug-likeness (QED) is 0.774. The third-order valence-corrected chi connectivity index (χ3v) is 3.97. The standard InChI is InChI=1S/C19H21NO/c1-5-9-15-17(12(3)6-2)13(4)14-10-7-8-11-16(20)18(14)19(15)21/h5,7-9,11H,1,4,6,10,20H2,2-3H3/b15-9+,17-12-. The summed E-state index contributed by atoms with van der Waals surface area (Å²) in [6.45, 7) is 12.1. The zero-order valence-corrected chi connectivity index (χ0v) is 12.7. The van der Waals surface area contributed by atoms with Gasteiger partial charge in [0.1, 0.15) is 0 Å². The molecule has 2 rings (SSSR count). The number of carbonyl (C=O) groups excluding carboxylic acids is 1. The number of hydrogen-bond donors (Lipinski definition) is 1. The Morgan fingerprint density at radius 3 is 2.81 bits per heavy atom. The summed E-state index contributed by atoms with van der Waals surface area (Å²) < 4.78 is 0. The maximum absolute atomic E-state index is 12.9. The van der Waals surface area contributed by atoms with E-state index >= 15 is 0 Å². The van der Waals surface area contributed by atoms with Crippen molar-refractivity contribution in [3.05, 3.63) is 82.7 Å². The summed E-state index contributed by atoms with van der Waals surface area (Å²) in [5, 5.41) is 0. The van der Waals surface area contributed by atoms with Crippen LogP contribution in [0.1, 0.15) is 26.7 Å². The van der Waals surface area contributed by atoms with Crippen LogP contribution in [-0.4, -0.2) is 5.78 Å². The van der Waals surface area contributed by atoms with E-state index in [0.717, 1.165) is 28.7 Å². The van der Waals surface area contributed by atoms with Gasteiger partial charge in [-0.05, 0) is 42.6 Å². The predicted molar refractivity (Wildman–Crippen MR) is 88.5 cm³/mol. The van der Waals surface area contributed by atoms with E-state index in [1.165, 1.54) is 0 Å². The Morgan fingerprint density at radius 2 is 2.19 bits per heavy atom. The van der Waals surface area contributed by atoms with E-state index in [4.69, 9.17) is 5.73 Å². The molecular formula is C19H21NO. The zero-order chi connectivity index (χ0) is 15.6. The first-order chi connectivity index (χ1) is 10.0. The van der Waals surface area contributed by atoms with Crippen LogP contribution in [0.5, 0.6) is 0 Å². The SMILES string of the molecule is C=C/C=C1/C(=O)C2=C(CC=CC=C2N)C(=C)/C1=C(\C)CC. The molecule has 2 aliphatic carbocycles. The lowest BCUT2D eigenvalue weighted by atomic mass is 9.76. The Hall–Kier alpha value is -2.35. The summed E-state index contributed by atoms with van der Waals surface area (Å²) >= 11 is 0. The summed E-state index contributed by atoms with van der Waals surface area (Å²) in [5.74, 6) is -0.0300. The normalized spacial score (nSPS) is 23.0. The molecule has 0 spiro atoms. The minimum absolute atomic E-state index is 0.0300. The zero-order valence-electron chi connectivity index (χ0n) is 12.7. The van der Waals surface area contributed by atoms with Gasteiger partial charge in [0.2, 0.25) is 0 Å². The monoisotopic (exact) mass is 279 g/mol. The Balaban J connectivity index is 2.78. The molecule has 0 fully saturated rings. The molecule has 0 saturated carbocycles. The van der Waals surface area contributed by atoms with Crippen LogP contribution in [0.2, 0.25) is 0 Å². The number of hydrogen-bond acceptors (Lipinski definition) is 2. The van der Waals surface area contributed by atoms with Gasteiger partial charge in [0, 0.05) is 16.8 Å². The molecule has 0 heterocycles. The van der Waals surface area contributed by atoms with E-state index in [2.05, 4.69) is 20.1 Å². The molecule has 2 aliphatic rings. The van der Waals surface area contributed by atoms with Crippen LogP contribution in [0, 0.1) is 0 Å². The fourth-order valence-corrected chi connectivity index (χ4v) is 2.76. The molecule has 21 heavy (non-hydrogen) atoms. The van der Waals surface area contributed by atoms with Gasteiger partial charge in [-0.1, -0.05) is 50.0 Å². The van der Waals surface area contributed by atoms with Crippen molar-refractivity contribution >= 4 is 5.78 Å². The molecule has 0 saturated heterocycles. The Kier molecular flexibility index (Phi) is 4.27. The molecule has 108 valence electrons. The van der Waals surface area contributed by atoms with Crippen molar-refractivity contribution < 1.29 is 4.79 Å². The minimum Gasteiger partial charge on any atom is -0.398 e. The highest BCUT2D eigenvalue weighted by Gasteiger charge is 2.32. The Morgan fingerprint density at radius 1 is 1.48 bits per heavy atom. The molecule has 0 aromatic heterocycles. The van der Waals surface area contributed by atoms with Crippen molar-refractivity contribution in [1.29, 1.82) is 0 Å². The third-order valence-electron chi connectivity index (χ3n) is 3.97. The second-order valence-electron chi connectivity index (χ2n) is 5.24. The van der Waals surface area contributed by atoms with Crippen molar-refractivity contribution in [3.63, 3.8) is 0 Å². The van der Waals surface area contributed by atoms with Crippen LogP contribution in [-0.2, 0) is 4.79 Å². The number of nitrogens with two attached hydrogens (primary N) is 1. The molecule has 0 unspecified atom stereocenters. The molecule has 0 bridgehead atoms. The van der Waals surface area contributed by atoms with Gasteiger partial charge in [0.05, 0.1) is 0 Å². The van der Waals surface area contributed by atoms with Gasteiger partial charge in [0.15, 0.2) is 5.78 Å². The fourth-order valence-electron chi connectivity index (χ4n) is 2.76. The Bertz CT molecular complexity index is 678. The van der Waals surface area contributed by atoms with E-state index < -0.39 is 0 Å². The number of ketones is 1. The fraction of sp³-hybridized carbons (Fsp3) is 0.211. The van der Waals surface area contributed by atoms with Crippen LogP contribution in [0.4, 0.5) is 0 Å². The Labute approximate surface area is 126 Å². The molecule has 2 heteroatoms. The summed E-state index contributed by atoms with van der Waals surface area (Å²) in [5.41, 5.74) is 11.8. The largest absolute Gasteiger partial charge is 0.398 e. The van der Waals surface area contributed by atoms with Gasteiger partial charge in [-0.2, -0.15) is 0 Å². The van der Waals surface area contributed by atoms with E-state index in [1.807, 2.05) is 19.1 Å². The van der Waals surface area contributed by atoms with Crippen molar-refractivity contribution in [1.82, 2.24) is 0 Å². The minimum atomic E-state index is -0.0300. The second-order valence-corrected chi connectivity index (χ2v) is 5.24. The molecule has 0 radical (unpaired) electrons. The molecule has 0 aliphatic heterocycles. The number of allylic oxidation sites excluding steroid dienone is 11. The van der Waals surface area contributed by atoms with E-state index in [0.29, 0.717) is 23.3 Å². The van der Waals surface area contributed by atoms with Crippen molar-refractivity contribution in [2.45, 2.75) is 26.7 Å². The first-order valence-corrected chi connectivity index (χ1v) is 7.15. The van der Waals surface area contributed by atoms with Crippen molar-refractivity contribution in [3.8, 4) is 0 Å². The molecule has 0 atom stereocenters. The average molecular weight is 279 g/mol. The van der Waals surface area contributed by atoms with Gasteiger partial charge in [-0.15, -0.1) is 0 Å². The molecule has 0 aromatic rings. The van der Waals surface area contributed by atoms with E-state index in [9.17, 15) is 4.79 Å².